The van der Waals surface area contributed by atoms with E-state index in [-0.39, 0.29) is 5.91 Å². The van der Waals surface area contributed by atoms with E-state index in [1.165, 1.54) is 6.34 Å². The van der Waals surface area contributed by atoms with Crippen LogP contribution in [0.15, 0.2) is 59.6 Å². The number of nitrogens with zero attached hydrogens (tertiary/aromatic N) is 2. The lowest BCUT2D eigenvalue weighted by Crippen LogP contribution is -2.09. The topological polar surface area (TPSA) is 32.7 Å². The third kappa shape index (κ3) is 3.52. The highest BCUT2D eigenvalue weighted by molar-refractivity contribution is 5.99. The number of amides is 1. The maximum Gasteiger partial charge on any atom is 0.278 e. The second-order valence-corrected chi connectivity index (χ2v) is 4.46. The number of hydrogen-bond acceptors (Lipinski definition) is 1. The second kappa shape index (κ2) is 5.96. The number of hydrogen-bond donors (Lipinski definition) is 0. The summed E-state index contributed by atoms with van der Waals surface area (Å²) in [5.41, 5.74) is 2.71. The van der Waals surface area contributed by atoms with Crippen LogP contribution in [0.25, 0.3) is 11.1 Å². The van der Waals surface area contributed by atoms with Gasteiger partial charge in [0, 0.05) is 19.7 Å². The molecule has 0 N–H and O–H groups in total. The summed E-state index contributed by atoms with van der Waals surface area (Å²) in [7, 11) is 3.66. The molecule has 0 unspecified atom stereocenters. The quantitative estimate of drug-likeness (QED) is 0.621. The van der Waals surface area contributed by atoms with Gasteiger partial charge in [0.05, 0.1) is 6.34 Å². The van der Waals surface area contributed by atoms with Crippen molar-refractivity contribution in [3.63, 3.8) is 0 Å². The van der Waals surface area contributed by atoms with Crippen molar-refractivity contribution < 1.29 is 4.79 Å². The fourth-order valence-electron chi connectivity index (χ4n) is 1.70. The van der Waals surface area contributed by atoms with Crippen molar-refractivity contribution >= 4 is 12.2 Å². The zero-order valence-electron chi connectivity index (χ0n) is 11.1. The van der Waals surface area contributed by atoms with Gasteiger partial charge in [-0.3, -0.25) is 4.79 Å². The van der Waals surface area contributed by atoms with Crippen molar-refractivity contribution in [2.24, 2.45) is 4.99 Å². The predicted molar refractivity (Wildman–Crippen MR) is 78.4 cm³/mol. The van der Waals surface area contributed by atoms with Gasteiger partial charge in [0.2, 0.25) is 0 Å². The zero-order chi connectivity index (χ0) is 13.7. The lowest BCUT2D eigenvalue weighted by atomic mass is 10.0. The third-order valence-electron chi connectivity index (χ3n) is 2.62. The van der Waals surface area contributed by atoms with Crippen LogP contribution < -0.4 is 0 Å². The van der Waals surface area contributed by atoms with E-state index in [1.54, 1.807) is 11.0 Å². The van der Waals surface area contributed by atoms with E-state index in [9.17, 15) is 4.79 Å². The second-order valence-electron chi connectivity index (χ2n) is 4.46. The fourth-order valence-corrected chi connectivity index (χ4v) is 1.70. The van der Waals surface area contributed by atoms with Gasteiger partial charge in [-0.25, -0.2) is 0 Å². The summed E-state index contributed by atoms with van der Waals surface area (Å²) < 4.78 is 0. The molecule has 3 nitrogen and oxygen atoms in total. The molecular formula is C16H16N2O. The van der Waals surface area contributed by atoms with Crippen molar-refractivity contribution in [1.29, 1.82) is 0 Å². The molecule has 2 aromatic carbocycles. The van der Waals surface area contributed by atoms with Crippen LogP contribution in [0.1, 0.15) is 10.4 Å². The maximum atomic E-state index is 11.9. The first-order valence-corrected chi connectivity index (χ1v) is 6.07. The van der Waals surface area contributed by atoms with E-state index in [0.717, 1.165) is 11.1 Å². The summed E-state index contributed by atoms with van der Waals surface area (Å²) in [6.45, 7) is 0. The predicted octanol–water partition coefficient (Wildman–Crippen LogP) is 3.08. The van der Waals surface area contributed by atoms with E-state index in [2.05, 4.69) is 4.99 Å². The molecule has 0 bridgehead atoms. The molecule has 1 amide bonds. The van der Waals surface area contributed by atoms with Crippen LogP contribution in [-0.4, -0.2) is 31.2 Å². The van der Waals surface area contributed by atoms with Crippen molar-refractivity contribution in [1.82, 2.24) is 4.90 Å². The van der Waals surface area contributed by atoms with Gasteiger partial charge in [-0.2, -0.15) is 4.99 Å². The number of aliphatic imine (C=N–C) groups is 1. The van der Waals surface area contributed by atoms with Gasteiger partial charge < -0.3 is 4.90 Å². The molecule has 0 heterocycles. The van der Waals surface area contributed by atoms with Crippen LogP contribution in [0, 0.1) is 0 Å². The molecule has 0 atom stereocenters. The summed E-state index contributed by atoms with van der Waals surface area (Å²) in [6.07, 6.45) is 1.51. The van der Waals surface area contributed by atoms with Crippen LogP contribution in [0.5, 0.6) is 0 Å². The Labute approximate surface area is 113 Å². The van der Waals surface area contributed by atoms with Gasteiger partial charge in [0.1, 0.15) is 0 Å². The molecule has 96 valence electrons. The smallest absolute Gasteiger partial charge is 0.278 e. The molecule has 0 saturated heterocycles. The average molecular weight is 252 g/mol. The molecule has 3 heteroatoms. The highest BCUT2D eigenvalue weighted by Gasteiger charge is 2.05. The first-order chi connectivity index (χ1) is 9.16. The standard InChI is InChI=1S/C16H16N2O/c1-18(2)12-17-16(19)15-10-6-9-14(11-15)13-7-4-3-5-8-13/h3-12H,1-2H3/b17-12+. The van der Waals surface area contributed by atoms with Crippen molar-refractivity contribution in [2.75, 3.05) is 14.1 Å². The number of benzene rings is 2. The van der Waals surface area contributed by atoms with Gasteiger partial charge in [-0.1, -0.05) is 42.5 Å². The molecule has 0 saturated carbocycles. The van der Waals surface area contributed by atoms with Crippen LogP contribution in [0.2, 0.25) is 0 Å². The Morgan fingerprint density at radius 2 is 1.68 bits per heavy atom. The van der Waals surface area contributed by atoms with Crippen molar-refractivity contribution in [2.45, 2.75) is 0 Å². The molecule has 0 aliphatic rings. The van der Waals surface area contributed by atoms with Crippen LogP contribution in [-0.2, 0) is 0 Å². The van der Waals surface area contributed by atoms with Crippen LogP contribution >= 0.6 is 0 Å². The zero-order valence-corrected chi connectivity index (χ0v) is 11.1. The molecule has 0 spiro atoms. The largest absolute Gasteiger partial charge is 0.369 e. The SMILES string of the molecule is CN(C)/C=N/C(=O)c1cccc(-c2ccccc2)c1. The highest BCUT2D eigenvalue weighted by Crippen LogP contribution is 2.20. The van der Waals surface area contributed by atoms with E-state index in [4.69, 9.17) is 0 Å². The summed E-state index contributed by atoms with van der Waals surface area (Å²) in [4.78, 5) is 17.5. The Balaban J connectivity index is 2.28. The average Bonchev–Trinajstić information content (AvgIpc) is 2.46. The Hall–Kier alpha value is -2.42. The summed E-state index contributed by atoms with van der Waals surface area (Å²) in [6, 6.07) is 17.5. The minimum Gasteiger partial charge on any atom is -0.369 e. The lowest BCUT2D eigenvalue weighted by molar-refractivity contribution is 0.100. The minimum atomic E-state index is -0.230. The van der Waals surface area contributed by atoms with Gasteiger partial charge in [-0.05, 0) is 23.3 Å². The highest BCUT2D eigenvalue weighted by atomic mass is 16.1. The lowest BCUT2D eigenvalue weighted by Gasteiger charge is -2.04. The molecule has 2 aromatic rings. The molecule has 0 fully saturated rings. The van der Waals surface area contributed by atoms with Gasteiger partial charge in [0.15, 0.2) is 0 Å². The molecule has 0 aliphatic carbocycles. The van der Waals surface area contributed by atoms with Gasteiger partial charge in [-0.15, -0.1) is 0 Å². The fraction of sp³-hybridized carbons (Fsp3) is 0.125. The van der Waals surface area contributed by atoms with E-state index < -0.39 is 0 Å². The number of carbonyl (C=O) groups is 1. The monoisotopic (exact) mass is 252 g/mol. The third-order valence-corrected chi connectivity index (χ3v) is 2.62. The normalized spacial score (nSPS) is 10.6. The molecule has 0 aliphatic heterocycles. The first kappa shape index (κ1) is 13.0. The number of carbonyl (C=O) groups excluding carboxylic acids is 1. The maximum absolute atomic E-state index is 11.9. The molecule has 0 aromatic heterocycles. The van der Waals surface area contributed by atoms with Crippen LogP contribution in [0.4, 0.5) is 0 Å². The molecule has 2 rings (SSSR count). The molecular weight excluding hydrogens is 236 g/mol. The van der Waals surface area contributed by atoms with Gasteiger partial charge >= 0.3 is 0 Å². The minimum absolute atomic E-state index is 0.230. The Kier molecular flexibility index (Phi) is 4.08. The first-order valence-electron chi connectivity index (χ1n) is 6.07. The summed E-state index contributed by atoms with van der Waals surface area (Å²) in [5, 5.41) is 0. The molecule has 19 heavy (non-hydrogen) atoms. The van der Waals surface area contributed by atoms with Crippen molar-refractivity contribution in [3.05, 3.63) is 60.2 Å². The van der Waals surface area contributed by atoms with E-state index in [1.807, 2.05) is 62.6 Å². The van der Waals surface area contributed by atoms with Gasteiger partial charge in [0.25, 0.3) is 5.91 Å². The Morgan fingerprint density at radius 1 is 1.00 bits per heavy atom. The molecule has 0 radical (unpaired) electrons. The van der Waals surface area contributed by atoms with E-state index >= 15 is 0 Å². The number of rotatable bonds is 3. The Bertz CT molecular complexity index is 589. The van der Waals surface area contributed by atoms with E-state index in [0.29, 0.717) is 5.56 Å². The summed E-state index contributed by atoms with van der Waals surface area (Å²) >= 11 is 0. The van der Waals surface area contributed by atoms with Crippen molar-refractivity contribution in [3.8, 4) is 11.1 Å². The summed E-state index contributed by atoms with van der Waals surface area (Å²) in [5.74, 6) is -0.230. The Morgan fingerprint density at radius 3 is 2.37 bits per heavy atom. The van der Waals surface area contributed by atoms with Crippen LogP contribution in [0.3, 0.4) is 0 Å².